The molecule has 5 heteroatoms. The second kappa shape index (κ2) is 12.0. The Kier molecular flexibility index (Phi) is 9.08. The summed E-state index contributed by atoms with van der Waals surface area (Å²) in [5.74, 6) is 1.46. The number of halogens is 2. The van der Waals surface area contributed by atoms with E-state index in [1.165, 1.54) is 5.56 Å². The first kappa shape index (κ1) is 23.5. The molecule has 3 aromatic carbocycles. The fourth-order valence-corrected chi connectivity index (χ4v) is 3.76. The summed E-state index contributed by atoms with van der Waals surface area (Å²) in [5.41, 5.74) is 3.42. The van der Waals surface area contributed by atoms with Crippen LogP contribution in [0.3, 0.4) is 0 Å². The highest BCUT2D eigenvalue weighted by Gasteiger charge is 2.12. The van der Waals surface area contributed by atoms with Crippen LogP contribution in [0.25, 0.3) is 0 Å². The molecule has 0 fully saturated rings. The lowest BCUT2D eigenvalue weighted by Gasteiger charge is -2.19. The molecule has 3 rings (SSSR count). The summed E-state index contributed by atoms with van der Waals surface area (Å²) in [6, 6.07) is 22.5. The fourth-order valence-electron chi connectivity index (χ4n) is 3.44. The minimum atomic E-state index is 0.326. The van der Waals surface area contributed by atoms with Gasteiger partial charge in [-0.15, -0.1) is 0 Å². The lowest BCUT2D eigenvalue weighted by atomic mass is 10.0. The quantitative estimate of drug-likeness (QED) is 0.321. The van der Waals surface area contributed by atoms with Gasteiger partial charge in [0.1, 0.15) is 6.61 Å². The van der Waals surface area contributed by atoms with Crippen LogP contribution in [-0.2, 0) is 13.2 Å². The molecule has 1 unspecified atom stereocenters. The van der Waals surface area contributed by atoms with Crippen molar-refractivity contribution in [3.05, 3.63) is 93.5 Å². The zero-order valence-electron chi connectivity index (χ0n) is 18.0. The Morgan fingerprint density at radius 1 is 0.806 bits per heavy atom. The minimum Gasteiger partial charge on any atom is -0.490 e. The van der Waals surface area contributed by atoms with Crippen molar-refractivity contribution >= 4 is 23.2 Å². The van der Waals surface area contributed by atoms with E-state index in [1.54, 1.807) is 6.07 Å². The van der Waals surface area contributed by atoms with Crippen LogP contribution in [-0.4, -0.2) is 6.61 Å². The summed E-state index contributed by atoms with van der Waals surface area (Å²) >= 11 is 12.1. The van der Waals surface area contributed by atoms with Crippen molar-refractivity contribution in [2.75, 3.05) is 6.61 Å². The Morgan fingerprint density at radius 3 is 2.29 bits per heavy atom. The number of hydrogen-bond donors (Lipinski definition) is 1. The van der Waals surface area contributed by atoms with Crippen molar-refractivity contribution in [2.24, 2.45) is 0 Å². The minimum absolute atomic E-state index is 0.326. The molecule has 0 amide bonds. The van der Waals surface area contributed by atoms with Crippen molar-refractivity contribution in [1.82, 2.24) is 5.32 Å². The van der Waals surface area contributed by atoms with Crippen LogP contribution in [0, 0.1) is 0 Å². The zero-order chi connectivity index (χ0) is 22.1. The van der Waals surface area contributed by atoms with Crippen molar-refractivity contribution in [2.45, 2.75) is 45.9 Å². The van der Waals surface area contributed by atoms with E-state index in [2.05, 4.69) is 54.7 Å². The summed E-state index contributed by atoms with van der Waals surface area (Å²) in [5, 5.41) is 4.75. The molecule has 0 aliphatic heterocycles. The van der Waals surface area contributed by atoms with E-state index < -0.39 is 0 Å². The Balaban J connectivity index is 1.68. The lowest BCUT2D eigenvalue weighted by molar-refractivity contribution is 0.269. The van der Waals surface area contributed by atoms with E-state index in [9.17, 15) is 0 Å². The molecule has 3 aromatic rings. The first-order chi connectivity index (χ1) is 15.1. The molecule has 0 saturated heterocycles. The van der Waals surface area contributed by atoms with Gasteiger partial charge in [0.2, 0.25) is 0 Å². The molecule has 0 spiro atoms. The van der Waals surface area contributed by atoms with Gasteiger partial charge in [-0.25, -0.2) is 0 Å². The molecule has 0 radical (unpaired) electrons. The number of hydrogen-bond acceptors (Lipinski definition) is 3. The molecule has 1 N–H and O–H groups in total. The van der Waals surface area contributed by atoms with Crippen LogP contribution in [0.1, 0.15) is 49.4 Å². The van der Waals surface area contributed by atoms with Gasteiger partial charge in [0.25, 0.3) is 0 Å². The van der Waals surface area contributed by atoms with Crippen molar-refractivity contribution in [1.29, 1.82) is 0 Å². The highest BCUT2D eigenvalue weighted by molar-refractivity contribution is 6.42. The van der Waals surface area contributed by atoms with Gasteiger partial charge in [-0.1, -0.05) is 79.0 Å². The van der Waals surface area contributed by atoms with E-state index in [4.69, 9.17) is 32.7 Å². The molecular formula is C26H29Cl2NO2. The first-order valence-electron chi connectivity index (χ1n) is 10.7. The third-order valence-corrected chi connectivity index (χ3v) is 5.76. The number of nitrogens with one attached hydrogen (secondary N) is 1. The monoisotopic (exact) mass is 457 g/mol. The topological polar surface area (TPSA) is 30.5 Å². The van der Waals surface area contributed by atoms with Crippen LogP contribution in [0.15, 0.2) is 66.7 Å². The van der Waals surface area contributed by atoms with Gasteiger partial charge in [-0.2, -0.15) is 0 Å². The maximum atomic E-state index is 6.11. The molecule has 0 aliphatic carbocycles. The number of rotatable bonds is 11. The summed E-state index contributed by atoms with van der Waals surface area (Å²) < 4.78 is 11.9. The number of benzene rings is 3. The van der Waals surface area contributed by atoms with Crippen LogP contribution >= 0.6 is 23.2 Å². The van der Waals surface area contributed by atoms with Crippen LogP contribution in [0.2, 0.25) is 10.0 Å². The van der Waals surface area contributed by atoms with Gasteiger partial charge >= 0.3 is 0 Å². The molecule has 0 heterocycles. The van der Waals surface area contributed by atoms with Gasteiger partial charge in [-0.05, 0) is 54.3 Å². The van der Waals surface area contributed by atoms with Gasteiger partial charge in [-0.3, -0.25) is 0 Å². The summed E-state index contributed by atoms with van der Waals surface area (Å²) in [6.07, 6.45) is 2.21. The summed E-state index contributed by atoms with van der Waals surface area (Å²) in [7, 11) is 0. The molecule has 0 saturated carbocycles. The van der Waals surface area contributed by atoms with Crippen molar-refractivity contribution in [3.8, 4) is 11.5 Å². The normalized spacial score (nSPS) is 11.9. The smallest absolute Gasteiger partial charge is 0.161 e. The second-order valence-electron chi connectivity index (χ2n) is 7.38. The second-order valence-corrected chi connectivity index (χ2v) is 8.20. The average molecular weight is 458 g/mol. The Morgan fingerprint density at radius 2 is 1.58 bits per heavy atom. The molecule has 0 aliphatic rings. The maximum Gasteiger partial charge on any atom is 0.161 e. The molecular weight excluding hydrogens is 429 g/mol. The summed E-state index contributed by atoms with van der Waals surface area (Å²) in [4.78, 5) is 0. The van der Waals surface area contributed by atoms with Crippen LogP contribution < -0.4 is 14.8 Å². The SMILES string of the molecule is CCCC(NCc1ccc(OCc2ccc(Cl)c(Cl)c2)c(OCC)c1)c1ccccc1. The predicted octanol–water partition coefficient (Wildman–Crippen LogP) is 7.60. The van der Waals surface area contributed by atoms with Gasteiger partial charge < -0.3 is 14.8 Å². The molecule has 164 valence electrons. The van der Waals surface area contributed by atoms with Crippen molar-refractivity contribution < 1.29 is 9.47 Å². The van der Waals surface area contributed by atoms with E-state index in [-0.39, 0.29) is 0 Å². The fraction of sp³-hybridized carbons (Fsp3) is 0.308. The predicted molar refractivity (Wildman–Crippen MR) is 129 cm³/mol. The van der Waals surface area contributed by atoms with E-state index in [0.29, 0.717) is 35.1 Å². The highest BCUT2D eigenvalue weighted by atomic mass is 35.5. The Hall–Kier alpha value is -2.20. The van der Waals surface area contributed by atoms with Crippen LogP contribution in [0.4, 0.5) is 0 Å². The van der Waals surface area contributed by atoms with E-state index in [0.717, 1.165) is 36.3 Å². The molecule has 0 aromatic heterocycles. The lowest BCUT2D eigenvalue weighted by Crippen LogP contribution is -2.20. The third kappa shape index (κ3) is 6.90. The highest BCUT2D eigenvalue weighted by Crippen LogP contribution is 2.30. The number of ether oxygens (including phenoxy) is 2. The van der Waals surface area contributed by atoms with Gasteiger partial charge in [0.05, 0.1) is 16.7 Å². The van der Waals surface area contributed by atoms with Crippen molar-refractivity contribution in [3.63, 3.8) is 0 Å². The Bertz CT molecular complexity index is 963. The largest absolute Gasteiger partial charge is 0.490 e. The molecule has 3 nitrogen and oxygen atoms in total. The van der Waals surface area contributed by atoms with E-state index >= 15 is 0 Å². The summed E-state index contributed by atoms with van der Waals surface area (Å²) in [6.45, 7) is 5.90. The molecule has 31 heavy (non-hydrogen) atoms. The standard InChI is InChI=1S/C26H29Cl2NO2/c1-3-8-24(21-9-6-5-7-10-21)29-17-19-12-14-25(26(16-19)30-4-2)31-18-20-11-13-22(27)23(28)15-20/h5-7,9-16,24,29H,3-4,8,17-18H2,1-2H3. The van der Waals surface area contributed by atoms with Crippen LogP contribution in [0.5, 0.6) is 11.5 Å². The first-order valence-corrected chi connectivity index (χ1v) is 11.5. The third-order valence-electron chi connectivity index (χ3n) is 5.02. The Labute approximate surface area is 195 Å². The zero-order valence-corrected chi connectivity index (χ0v) is 19.5. The average Bonchev–Trinajstić information content (AvgIpc) is 2.79. The van der Waals surface area contributed by atoms with Gasteiger partial charge in [0, 0.05) is 12.6 Å². The van der Waals surface area contributed by atoms with Gasteiger partial charge in [0.15, 0.2) is 11.5 Å². The molecule has 0 bridgehead atoms. The maximum absolute atomic E-state index is 6.11. The molecule has 1 atom stereocenters. The van der Waals surface area contributed by atoms with E-state index in [1.807, 2.05) is 25.1 Å².